The van der Waals surface area contributed by atoms with Crippen molar-refractivity contribution in [2.75, 3.05) is 0 Å². The van der Waals surface area contributed by atoms with Gasteiger partial charge in [-0.15, -0.1) is 11.3 Å². The molecule has 1 aromatic heterocycles. The molecule has 0 aromatic carbocycles. The number of amides is 2. The largest absolute Gasteiger partial charge is 0.303 e. The Morgan fingerprint density at radius 1 is 1.58 bits per heavy atom. The maximum absolute atomic E-state index is 11.5. The highest BCUT2D eigenvalue weighted by Gasteiger charge is 2.27. The van der Waals surface area contributed by atoms with Crippen molar-refractivity contribution in [2.24, 2.45) is 11.0 Å². The third kappa shape index (κ3) is 3.65. The summed E-state index contributed by atoms with van der Waals surface area (Å²) < 4.78 is 0. The summed E-state index contributed by atoms with van der Waals surface area (Å²) in [6.07, 6.45) is 2.23. The minimum absolute atomic E-state index is 0.153. The molecule has 0 aliphatic carbocycles. The average Bonchev–Trinajstić information content (AvgIpc) is 2.99. The fraction of sp³-hybridized carbons (Fsp3) is 0.250. The van der Waals surface area contributed by atoms with Gasteiger partial charge >= 0.3 is 0 Å². The van der Waals surface area contributed by atoms with Gasteiger partial charge < -0.3 is 5.43 Å². The first-order valence-corrected chi connectivity index (χ1v) is 6.65. The van der Waals surface area contributed by atoms with Crippen LogP contribution in [0.3, 0.4) is 0 Å². The van der Waals surface area contributed by atoms with Crippen molar-refractivity contribution in [1.82, 2.24) is 16.3 Å². The van der Waals surface area contributed by atoms with Crippen LogP contribution < -0.4 is 16.3 Å². The molecule has 1 aliphatic rings. The second kappa shape index (κ2) is 6.14. The Balaban J connectivity index is 1.73. The third-order valence-corrected chi connectivity index (χ3v) is 3.47. The molecule has 3 N–H and O–H groups in total. The number of hydrogen-bond acceptors (Lipinski definition) is 5. The summed E-state index contributed by atoms with van der Waals surface area (Å²) >= 11 is 1.54. The van der Waals surface area contributed by atoms with Crippen molar-refractivity contribution in [2.45, 2.75) is 12.8 Å². The molecule has 2 amide bonds. The van der Waals surface area contributed by atoms with E-state index in [-0.39, 0.29) is 24.2 Å². The fourth-order valence-corrected chi connectivity index (χ4v) is 2.23. The van der Waals surface area contributed by atoms with Crippen molar-refractivity contribution in [3.05, 3.63) is 34.7 Å². The first kappa shape index (κ1) is 13.3. The molecule has 0 bridgehead atoms. The lowest BCUT2D eigenvalue weighted by atomic mass is 10.0. The maximum atomic E-state index is 11.5. The second-order valence-corrected chi connectivity index (χ2v) is 5.02. The van der Waals surface area contributed by atoms with Crippen LogP contribution in [-0.4, -0.2) is 18.0 Å². The lowest BCUT2D eigenvalue weighted by molar-refractivity contribution is -0.123. The monoisotopic (exact) mass is 278 g/mol. The van der Waals surface area contributed by atoms with E-state index in [0.717, 1.165) is 4.88 Å². The minimum atomic E-state index is -0.355. The molecule has 6 nitrogen and oxygen atoms in total. The van der Waals surface area contributed by atoms with Crippen molar-refractivity contribution in [3.63, 3.8) is 0 Å². The topological polar surface area (TPSA) is 82.6 Å². The van der Waals surface area contributed by atoms with Crippen LogP contribution in [0.5, 0.6) is 0 Å². The van der Waals surface area contributed by atoms with Crippen molar-refractivity contribution >= 4 is 29.4 Å². The quantitative estimate of drug-likeness (QED) is 0.549. The second-order valence-electron chi connectivity index (χ2n) is 4.04. The predicted octanol–water partition coefficient (Wildman–Crippen LogP) is 0.743. The van der Waals surface area contributed by atoms with E-state index >= 15 is 0 Å². The molecule has 0 spiro atoms. The number of hydrogen-bond donors (Lipinski definition) is 3. The van der Waals surface area contributed by atoms with Gasteiger partial charge in [0.2, 0.25) is 11.8 Å². The molecule has 1 atom stereocenters. The van der Waals surface area contributed by atoms with Gasteiger partial charge in [0.15, 0.2) is 0 Å². The van der Waals surface area contributed by atoms with Gasteiger partial charge in [-0.25, -0.2) is 5.43 Å². The molecule has 100 valence electrons. The number of nitrogens with one attached hydrogen (secondary N) is 3. The van der Waals surface area contributed by atoms with Crippen LogP contribution in [0.1, 0.15) is 17.7 Å². The number of nitrogens with zero attached hydrogens (tertiary/aromatic N) is 1. The normalized spacial score (nSPS) is 18.4. The van der Waals surface area contributed by atoms with Gasteiger partial charge in [0.05, 0.1) is 12.1 Å². The van der Waals surface area contributed by atoms with E-state index in [2.05, 4.69) is 28.0 Å². The van der Waals surface area contributed by atoms with E-state index in [1.165, 1.54) is 11.3 Å². The van der Waals surface area contributed by atoms with E-state index in [9.17, 15) is 9.59 Å². The van der Waals surface area contributed by atoms with E-state index in [1.54, 1.807) is 6.21 Å². The molecule has 1 unspecified atom stereocenters. The third-order valence-electron chi connectivity index (χ3n) is 2.67. The van der Waals surface area contributed by atoms with Crippen molar-refractivity contribution < 1.29 is 9.59 Å². The molecule has 2 rings (SSSR count). The van der Waals surface area contributed by atoms with Crippen LogP contribution in [-0.2, 0) is 9.59 Å². The van der Waals surface area contributed by atoms with Crippen LogP contribution in [0.15, 0.2) is 34.9 Å². The number of thiophene rings is 1. The number of carbonyl (C=O) groups excluding carboxylic acids is 2. The smallest absolute Gasteiger partial charge is 0.247 e. The van der Waals surface area contributed by atoms with Gasteiger partial charge in [-0.3, -0.25) is 15.0 Å². The summed E-state index contributed by atoms with van der Waals surface area (Å²) in [5.74, 6) is -0.729. The Bertz CT molecular complexity index is 494. The van der Waals surface area contributed by atoms with Gasteiger partial charge in [-0.2, -0.15) is 5.10 Å². The Morgan fingerprint density at radius 2 is 2.42 bits per heavy atom. The number of carbonyl (C=O) groups is 2. The molecule has 1 aliphatic heterocycles. The van der Waals surface area contributed by atoms with E-state index in [4.69, 9.17) is 0 Å². The summed E-state index contributed by atoms with van der Waals surface area (Å²) in [6.45, 7) is 3.71. The first-order chi connectivity index (χ1) is 9.16. The summed E-state index contributed by atoms with van der Waals surface area (Å²) in [7, 11) is 0. The predicted molar refractivity (Wildman–Crippen MR) is 73.2 cm³/mol. The molecule has 1 saturated heterocycles. The first-order valence-electron chi connectivity index (χ1n) is 5.77. The molecular weight excluding hydrogens is 264 g/mol. The van der Waals surface area contributed by atoms with Crippen molar-refractivity contribution in [1.29, 1.82) is 0 Å². The Labute approximate surface area is 114 Å². The molecular formula is C12H14N4O2S. The lowest BCUT2D eigenvalue weighted by Crippen LogP contribution is -2.26. The highest BCUT2D eigenvalue weighted by Crippen LogP contribution is 2.17. The average molecular weight is 278 g/mol. The van der Waals surface area contributed by atoms with E-state index < -0.39 is 0 Å². The Hall–Kier alpha value is -2.15. The SMILES string of the molecule is C=C1NNC(=O)C1CCC(=O)NN=Cc1cccs1. The summed E-state index contributed by atoms with van der Waals surface area (Å²) in [5.41, 5.74) is 8.13. The van der Waals surface area contributed by atoms with Gasteiger partial charge in [0.1, 0.15) is 0 Å². The number of rotatable bonds is 5. The number of hydrazone groups is 1. The lowest BCUT2D eigenvalue weighted by Gasteiger charge is -2.05. The molecule has 1 fully saturated rings. The molecule has 1 aromatic rings. The van der Waals surface area contributed by atoms with E-state index in [0.29, 0.717) is 12.1 Å². The fourth-order valence-electron chi connectivity index (χ4n) is 1.64. The van der Waals surface area contributed by atoms with Crippen LogP contribution in [0.2, 0.25) is 0 Å². The van der Waals surface area contributed by atoms with Crippen LogP contribution in [0.25, 0.3) is 0 Å². The summed E-state index contributed by atoms with van der Waals surface area (Å²) in [4.78, 5) is 23.9. The van der Waals surface area contributed by atoms with Gasteiger partial charge in [0.25, 0.3) is 0 Å². The molecule has 0 radical (unpaired) electrons. The zero-order chi connectivity index (χ0) is 13.7. The minimum Gasteiger partial charge on any atom is -0.303 e. The van der Waals surface area contributed by atoms with Crippen LogP contribution >= 0.6 is 11.3 Å². The zero-order valence-corrected chi connectivity index (χ0v) is 11.0. The number of hydrazine groups is 1. The van der Waals surface area contributed by atoms with Gasteiger partial charge in [0, 0.05) is 17.0 Å². The van der Waals surface area contributed by atoms with Crippen LogP contribution in [0, 0.1) is 5.92 Å². The highest BCUT2D eigenvalue weighted by atomic mass is 32.1. The Morgan fingerprint density at radius 3 is 3.05 bits per heavy atom. The van der Waals surface area contributed by atoms with E-state index in [1.807, 2.05) is 17.5 Å². The molecule has 7 heteroatoms. The summed E-state index contributed by atoms with van der Waals surface area (Å²) in [5, 5.41) is 5.78. The molecule has 2 heterocycles. The molecule has 0 saturated carbocycles. The van der Waals surface area contributed by atoms with Crippen LogP contribution in [0.4, 0.5) is 0 Å². The summed E-state index contributed by atoms with van der Waals surface area (Å²) in [6, 6.07) is 3.81. The highest BCUT2D eigenvalue weighted by molar-refractivity contribution is 7.11. The standard InChI is InChI=1S/C12H14N4O2S/c1-8-10(12(18)16-14-8)4-5-11(17)15-13-7-9-3-2-6-19-9/h2-3,6-7,10,14H,1,4-5H2,(H,15,17)(H,16,18). The maximum Gasteiger partial charge on any atom is 0.247 e. The van der Waals surface area contributed by atoms with Gasteiger partial charge in [-0.05, 0) is 17.9 Å². The molecule has 19 heavy (non-hydrogen) atoms. The van der Waals surface area contributed by atoms with Crippen molar-refractivity contribution in [3.8, 4) is 0 Å². The Kier molecular flexibility index (Phi) is 4.30. The van der Waals surface area contributed by atoms with Gasteiger partial charge in [-0.1, -0.05) is 12.6 Å². The zero-order valence-electron chi connectivity index (χ0n) is 10.2.